The molecule has 0 saturated carbocycles. The molecule has 96 valence electrons. The van der Waals surface area contributed by atoms with Gasteiger partial charge in [0.2, 0.25) is 8.03 Å². The van der Waals surface area contributed by atoms with E-state index in [1.807, 2.05) is 0 Å². The van der Waals surface area contributed by atoms with E-state index in [2.05, 4.69) is 0 Å². The van der Waals surface area contributed by atoms with Crippen LogP contribution in [-0.2, 0) is 13.8 Å². The van der Waals surface area contributed by atoms with Crippen LogP contribution in [-0.4, -0.2) is 57.5 Å². The molecule has 4 N–H and O–H groups in total. The quantitative estimate of drug-likeness (QED) is 0.449. The van der Waals surface area contributed by atoms with E-state index in [0.717, 1.165) is 0 Å². The van der Waals surface area contributed by atoms with Crippen LogP contribution in [0.3, 0.4) is 0 Å². The van der Waals surface area contributed by atoms with Gasteiger partial charge in [0.1, 0.15) is 18.1 Å². The average molecular weight is 256 g/mol. The summed E-state index contributed by atoms with van der Waals surface area (Å²) in [4.78, 5) is 0. The van der Waals surface area contributed by atoms with Crippen molar-refractivity contribution in [2.24, 2.45) is 0 Å². The van der Waals surface area contributed by atoms with Gasteiger partial charge < -0.3 is 29.7 Å². The molecular weight excluding hydrogens is 239 g/mol. The van der Waals surface area contributed by atoms with Crippen molar-refractivity contribution < 1.29 is 34.3 Å². The maximum atomic E-state index is 11.3. The zero-order valence-electron chi connectivity index (χ0n) is 8.81. The van der Waals surface area contributed by atoms with E-state index in [9.17, 15) is 19.9 Å². The Kier molecular flexibility index (Phi) is 5.33. The Morgan fingerprint density at radius 1 is 1.38 bits per heavy atom. The molecule has 6 atom stereocenters. The van der Waals surface area contributed by atoms with Crippen LogP contribution < -0.4 is 0 Å². The van der Waals surface area contributed by atoms with Crippen LogP contribution in [0, 0.1) is 0 Å². The predicted octanol–water partition coefficient (Wildman–Crippen LogP) is -1.35. The van der Waals surface area contributed by atoms with E-state index in [0.29, 0.717) is 0 Å². The van der Waals surface area contributed by atoms with Crippen molar-refractivity contribution in [1.82, 2.24) is 0 Å². The first-order valence-corrected chi connectivity index (χ1v) is 6.41. The van der Waals surface area contributed by atoms with Gasteiger partial charge in [-0.2, -0.15) is 0 Å². The van der Waals surface area contributed by atoms with E-state index < -0.39 is 38.5 Å². The molecular formula is C8H17O7P. The fraction of sp³-hybridized carbons (Fsp3) is 1.00. The Hall–Kier alpha value is -0.0100. The highest BCUT2D eigenvalue weighted by Gasteiger charge is 2.42. The number of hydrogen-bond acceptors (Lipinski definition) is 7. The molecule has 0 aromatic heterocycles. The second-order valence-corrected chi connectivity index (χ2v) is 5.14. The Balaban J connectivity index is 2.46. The summed E-state index contributed by atoms with van der Waals surface area (Å²) in [6, 6.07) is 0. The third kappa shape index (κ3) is 3.24. The van der Waals surface area contributed by atoms with Gasteiger partial charge >= 0.3 is 0 Å². The van der Waals surface area contributed by atoms with Gasteiger partial charge in [0.25, 0.3) is 0 Å². The second kappa shape index (κ2) is 6.07. The summed E-state index contributed by atoms with van der Waals surface area (Å²) in [6.45, 7) is 1.86. The Morgan fingerprint density at radius 2 is 2.00 bits per heavy atom. The smallest absolute Gasteiger partial charge is 0.219 e. The fourth-order valence-corrected chi connectivity index (χ4v) is 2.38. The van der Waals surface area contributed by atoms with Crippen molar-refractivity contribution in [2.75, 3.05) is 6.61 Å². The Morgan fingerprint density at radius 3 is 2.44 bits per heavy atom. The minimum atomic E-state index is -2.61. The van der Waals surface area contributed by atoms with Gasteiger partial charge in [-0.05, 0) is 6.92 Å². The molecule has 7 nitrogen and oxygen atoms in total. The summed E-state index contributed by atoms with van der Waals surface area (Å²) < 4.78 is 20.8. The molecule has 0 spiro atoms. The summed E-state index contributed by atoms with van der Waals surface area (Å²) in [5, 5.41) is 37.1. The van der Waals surface area contributed by atoms with Crippen molar-refractivity contribution >= 4 is 8.03 Å². The zero-order valence-corrected chi connectivity index (χ0v) is 9.81. The molecule has 1 aliphatic heterocycles. The molecule has 0 bridgehead atoms. The van der Waals surface area contributed by atoms with Crippen molar-refractivity contribution in [3.8, 4) is 0 Å². The molecule has 0 aliphatic carbocycles. The van der Waals surface area contributed by atoms with Crippen LogP contribution in [0.25, 0.3) is 0 Å². The molecule has 2 unspecified atom stereocenters. The van der Waals surface area contributed by atoms with Crippen LogP contribution in [0.2, 0.25) is 0 Å². The Bertz CT molecular complexity index is 249. The van der Waals surface area contributed by atoms with Crippen molar-refractivity contribution in [3.05, 3.63) is 0 Å². The molecule has 1 heterocycles. The van der Waals surface area contributed by atoms with Crippen LogP contribution in [0.15, 0.2) is 0 Å². The van der Waals surface area contributed by atoms with E-state index in [1.165, 1.54) is 0 Å². The molecule has 1 fully saturated rings. The van der Waals surface area contributed by atoms with Gasteiger partial charge in [0.05, 0.1) is 12.7 Å². The first-order chi connectivity index (χ1) is 7.47. The van der Waals surface area contributed by atoms with Crippen LogP contribution in [0.1, 0.15) is 13.3 Å². The van der Waals surface area contributed by atoms with E-state index in [4.69, 9.17) is 14.4 Å². The van der Waals surface area contributed by atoms with Crippen molar-refractivity contribution in [3.63, 3.8) is 0 Å². The van der Waals surface area contributed by atoms with Crippen molar-refractivity contribution in [1.29, 1.82) is 0 Å². The molecule has 1 rings (SSSR count). The van der Waals surface area contributed by atoms with E-state index in [-0.39, 0.29) is 13.0 Å². The normalized spacial score (nSPS) is 38.6. The minimum absolute atomic E-state index is 0.160. The number of aliphatic hydroxyl groups excluding tert-OH is 4. The maximum absolute atomic E-state index is 11.3. The molecule has 0 amide bonds. The highest BCUT2D eigenvalue weighted by Crippen LogP contribution is 2.33. The first-order valence-electron chi connectivity index (χ1n) is 5.01. The van der Waals surface area contributed by atoms with Gasteiger partial charge in [0.15, 0.2) is 6.29 Å². The number of rotatable bonds is 5. The lowest BCUT2D eigenvalue weighted by atomic mass is 10.1. The summed E-state index contributed by atoms with van der Waals surface area (Å²) in [5.74, 6) is -1.26. The van der Waals surface area contributed by atoms with Gasteiger partial charge in [-0.15, -0.1) is 0 Å². The lowest BCUT2D eigenvalue weighted by molar-refractivity contribution is -0.130. The standard InChI is InChI=1S/C8H17O7P/c1-2-14-16(13)5(9)3-4-6(10)7(11)8(12)15-4/h4-12,16H,2-3H2,1H3/t4-,5?,6-,7-,8-/m1/s1. The highest BCUT2D eigenvalue weighted by atomic mass is 31.1. The van der Waals surface area contributed by atoms with Gasteiger partial charge in [0, 0.05) is 6.42 Å². The first kappa shape index (κ1) is 14.1. The van der Waals surface area contributed by atoms with Crippen LogP contribution in [0.5, 0.6) is 0 Å². The van der Waals surface area contributed by atoms with Gasteiger partial charge in [-0.25, -0.2) is 0 Å². The molecule has 1 saturated heterocycles. The van der Waals surface area contributed by atoms with Gasteiger partial charge in [-0.3, -0.25) is 4.57 Å². The molecule has 0 aromatic carbocycles. The third-order valence-corrected chi connectivity index (χ3v) is 3.70. The average Bonchev–Trinajstić information content (AvgIpc) is 2.47. The van der Waals surface area contributed by atoms with Crippen LogP contribution in [0.4, 0.5) is 0 Å². The SMILES string of the molecule is CCO[PH](=O)C(O)C[C@H]1O[C@@H](O)[C@H](O)[C@@H]1O. The highest BCUT2D eigenvalue weighted by molar-refractivity contribution is 7.39. The topological polar surface area (TPSA) is 116 Å². The predicted molar refractivity (Wildman–Crippen MR) is 54.1 cm³/mol. The summed E-state index contributed by atoms with van der Waals surface area (Å²) >= 11 is 0. The lowest BCUT2D eigenvalue weighted by Crippen LogP contribution is -2.33. The summed E-state index contributed by atoms with van der Waals surface area (Å²) in [5.41, 5.74) is 0. The van der Waals surface area contributed by atoms with E-state index >= 15 is 0 Å². The maximum Gasteiger partial charge on any atom is 0.219 e. The molecule has 0 radical (unpaired) electrons. The number of hydrogen-bond donors (Lipinski definition) is 4. The second-order valence-electron chi connectivity index (χ2n) is 3.55. The van der Waals surface area contributed by atoms with Crippen LogP contribution >= 0.6 is 8.03 Å². The lowest BCUT2D eigenvalue weighted by Gasteiger charge is -2.17. The van der Waals surface area contributed by atoms with E-state index in [1.54, 1.807) is 6.92 Å². The molecule has 16 heavy (non-hydrogen) atoms. The minimum Gasteiger partial charge on any atom is -0.387 e. The Labute approximate surface area is 93.5 Å². The monoisotopic (exact) mass is 256 g/mol. The zero-order chi connectivity index (χ0) is 12.3. The summed E-state index contributed by atoms with van der Waals surface area (Å²) in [6.07, 6.45) is -5.31. The molecule has 8 heteroatoms. The number of ether oxygens (including phenoxy) is 1. The molecule has 0 aromatic rings. The fourth-order valence-electron chi connectivity index (χ4n) is 1.48. The third-order valence-electron chi connectivity index (χ3n) is 2.35. The molecule has 1 aliphatic rings. The van der Waals surface area contributed by atoms with Crippen molar-refractivity contribution in [2.45, 2.75) is 43.8 Å². The largest absolute Gasteiger partial charge is 0.387 e. The summed E-state index contributed by atoms with van der Waals surface area (Å²) in [7, 11) is -2.61. The number of aliphatic hydroxyl groups is 4. The van der Waals surface area contributed by atoms with Gasteiger partial charge in [-0.1, -0.05) is 0 Å².